The summed E-state index contributed by atoms with van der Waals surface area (Å²) in [6.45, 7) is 4.39. The van der Waals surface area contributed by atoms with Crippen LogP contribution in [0, 0.1) is 5.41 Å². The highest BCUT2D eigenvalue weighted by Crippen LogP contribution is 2.35. The number of hydrogen-bond acceptors (Lipinski definition) is 5. The van der Waals surface area contributed by atoms with Crippen molar-refractivity contribution in [2.75, 3.05) is 5.43 Å². The minimum Gasteiger partial charge on any atom is -0.347 e. The maximum absolute atomic E-state index is 12.2. The predicted octanol–water partition coefficient (Wildman–Crippen LogP) is 1.46. The Morgan fingerprint density at radius 1 is 1.42 bits per heavy atom. The number of hydrogen-bond donors (Lipinski definition) is 3. The fourth-order valence-corrected chi connectivity index (χ4v) is 2.54. The molecule has 1 unspecified atom stereocenters. The SMILES string of the molecule is CC1(C)CCCCC1NC(=O)c1cncc(NN)n1. The Kier molecular flexibility index (Phi) is 3.99. The number of carbonyl (C=O) groups is 1. The van der Waals surface area contributed by atoms with E-state index in [2.05, 4.69) is 34.6 Å². The lowest BCUT2D eigenvalue weighted by Gasteiger charge is -2.38. The summed E-state index contributed by atoms with van der Waals surface area (Å²) in [5.41, 5.74) is 2.81. The van der Waals surface area contributed by atoms with Crippen LogP contribution in [0.3, 0.4) is 0 Å². The summed E-state index contributed by atoms with van der Waals surface area (Å²) in [6, 6.07) is 0.185. The van der Waals surface area contributed by atoms with Crippen molar-refractivity contribution in [1.29, 1.82) is 0 Å². The first kappa shape index (κ1) is 13.7. The van der Waals surface area contributed by atoms with Crippen LogP contribution >= 0.6 is 0 Å². The average molecular weight is 263 g/mol. The molecule has 0 saturated heterocycles. The lowest BCUT2D eigenvalue weighted by atomic mass is 9.73. The summed E-state index contributed by atoms with van der Waals surface area (Å²) in [4.78, 5) is 20.2. The molecule has 1 atom stereocenters. The largest absolute Gasteiger partial charge is 0.347 e. The first-order chi connectivity index (χ1) is 9.03. The van der Waals surface area contributed by atoms with E-state index in [1.807, 2.05) is 0 Å². The molecule has 0 bridgehead atoms. The monoisotopic (exact) mass is 263 g/mol. The summed E-state index contributed by atoms with van der Waals surface area (Å²) < 4.78 is 0. The highest BCUT2D eigenvalue weighted by atomic mass is 16.2. The topological polar surface area (TPSA) is 92.9 Å². The Labute approximate surface area is 113 Å². The molecule has 1 heterocycles. The number of nitrogens with two attached hydrogens (primary N) is 1. The molecule has 0 aliphatic heterocycles. The van der Waals surface area contributed by atoms with Gasteiger partial charge in [-0.3, -0.25) is 9.78 Å². The molecular formula is C13H21N5O. The number of amides is 1. The molecule has 4 N–H and O–H groups in total. The minimum atomic E-state index is -0.190. The van der Waals surface area contributed by atoms with E-state index in [9.17, 15) is 4.79 Å². The van der Waals surface area contributed by atoms with Crippen molar-refractivity contribution >= 4 is 11.7 Å². The molecule has 0 radical (unpaired) electrons. The second-order valence-corrected chi connectivity index (χ2v) is 5.69. The van der Waals surface area contributed by atoms with Crippen LogP contribution in [0.2, 0.25) is 0 Å². The van der Waals surface area contributed by atoms with Crippen LogP contribution in [0.4, 0.5) is 5.82 Å². The zero-order chi connectivity index (χ0) is 13.9. The minimum absolute atomic E-state index is 0.130. The maximum Gasteiger partial charge on any atom is 0.271 e. The molecule has 104 valence electrons. The van der Waals surface area contributed by atoms with Gasteiger partial charge in [0, 0.05) is 6.04 Å². The Hall–Kier alpha value is -1.69. The van der Waals surface area contributed by atoms with E-state index < -0.39 is 0 Å². The van der Waals surface area contributed by atoms with Crippen molar-refractivity contribution in [3.05, 3.63) is 18.1 Å². The predicted molar refractivity (Wildman–Crippen MR) is 73.3 cm³/mol. The zero-order valence-electron chi connectivity index (χ0n) is 11.4. The van der Waals surface area contributed by atoms with Crippen molar-refractivity contribution in [2.24, 2.45) is 11.3 Å². The fraction of sp³-hybridized carbons (Fsp3) is 0.615. The van der Waals surface area contributed by atoms with Gasteiger partial charge in [-0.05, 0) is 18.3 Å². The van der Waals surface area contributed by atoms with E-state index in [0.29, 0.717) is 5.82 Å². The van der Waals surface area contributed by atoms with Crippen molar-refractivity contribution in [3.63, 3.8) is 0 Å². The van der Waals surface area contributed by atoms with E-state index >= 15 is 0 Å². The molecule has 1 aliphatic rings. The lowest BCUT2D eigenvalue weighted by molar-refractivity contribution is 0.0848. The molecule has 1 aromatic heterocycles. The first-order valence-electron chi connectivity index (χ1n) is 6.62. The van der Waals surface area contributed by atoms with Crippen LogP contribution < -0.4 is 16.6 Å². The molecule has 0 aromatic carbocycles. The summed E-state index contributed by atoms with van der Waals surface area (Å²) >= 11 is 0. The zero-order valence-corrected chi connectivity index (χ0v) is 11.4. The van der Waals surface area contributed by atoms with Crippen molar-refractivity contribution < 1.29 is 4.79 Å². The molecular weight excluding hydrogens is 242 g/mol. The molecule has 6 nitrogen and oxygen atoms in total. The van der Waals surface area contributed by atoms with Crippen LogP contribution in [0.1, 0.15) is 50.0 Å². The van der Waals surface area contributed by atoms with Gasteiger partial charge in [0.25, 0.3) is 5.91 Å². The number of rotatable bonds is 3. The fourth-order valence-electron chi connectivity index (χ4n) is 2.54. The molecule has 1 aromatic rings. The Morgan fingerprint density at radius 2 is 2.21 bits per heavy atom. The molecule has 0 spiro atoms. The third-order valence-electron chi connectivity index (χ3n) is 3.83. The third-order valence-corrected chi connectivity index (χ3v) is 3.83. The summed E-state index contributed by atoms with van der Waals surface area (Å²) in [5, 5.41) is 3.07. The highest BCUT2D eigenvalue weighted by molar-refractivity contribution is 5.92. The second kappa shape index (κ2) is 5.52. The Morgan fingerprint density at radius 3 is 2.89 bits per heavy atom. The van der Waals surface area contributed by atoms with Crippen molar-refractivity contribution in [1.82, 2.24) is 15.3 Å². The van der Waals surface area contributed by atoms with Gasteiger partial charge in [0.05, 0.1) is 12.4 Å². The molecule has 1 saturated carbocycles. The van der Waals surface area contributed by atoms with Crippen LogP contribution in [0.15, 0.2) is 12.4 Å². The number of nitrogens with zero attached hydrogens (tertiary/aromatic N) is 2. The molecule has 2 rings (SSSR count). The van der Waals surface area contributed by atoms with E-state index in [0.717, 1.165) is 19.3 Å². The standard InChI is InChI=1S/C13H21N5O/c1-13(2)6-4-3-5-10(13)17-12(19)9-7-15-8-11(16-9)18-14/h7-8,10H,3-6,14H2,1-2H3,(H,16,18)(H,17,19). The molecule has 19 heavy (non-hydrogen) atoms. The molecule has 1 amide bonds. The molecule has 6 heteroatoms. The van der Waals surface area contributed by atoms with Gasteiger partial charge in [0.1, 0.15) is 5.69 Å². The van der Waals surface area contributed by atoms with Gasteiger partial charge in [-0.2, -0.15) is 0 Å². The maximum atomic E-state index is 12.2. The number of aromatic nitrogens is 2. The smallest absolute Gasteiger partial charge is 0.271 e. The van der Waals surface area contributed by atoms with Crippen LogP contribution in [0.25, 0.3) is 0 Å². The van der Waals surface area contributed by atoms with E-state index in [-0.39, 0.29) is 23.1 Å². The molecule has 1 aliphatic carbocycles. The van der Waals surface area contributed by atoms with Gasteiger partial charge in [0.15, 0.2) is 5.82 Å². The second-order valence-electron chi connectivity index (χ2n) is 5.69. The van der Waals surface area contributed by atoms with Gasteiger partial charge in [0.2, 0.25) is 0 Å². The number of anilines is 1. The van der Waals surface area contributed by atoms with Gasteiger partial charge in [-0.15, -0.1) is 0 Å². The lowest BCUT2D eigenvalue weighted by Crippen LogP contribution is -2.47. The van der Waals surface area contributed by atoms with Crippen LogP contribution in [-0.2, 0) is 0 Å². The van der Waals surface area contributed by atoms with E-state index in [1.54, 1.807) is 0 Å². The van der Waals surface area contributed by atoms with E-state index in [4.69, 9.17) is 5.84 Å². The van der Waals surface area contributed by atoms with Crippen molar-refractivity contribution in [3.8, 4) is 0 Å². The Balaban J connectivity index is 2.07. The quantitative estimate of drug-likeness (QED) is 0.567. The van der Waals surface area contributed by atoms with Gasteiger partial charge in [-0.1, -0.05) is 26.7 Å². The third kappa shape index (κ3) is 3.20. The van der Waals surface area contributed by atoms with Gasteiger partial charge in [-0.25, -0.2) is 10.8 Å². The van der Waals surface area contributed by atoms with Crippen LogP contribution in [0.5, 0.6) is 0 Å². The molecule has 1 fully saturated rings. The normalized spacial score (nSPS) is 21.7. The average Bonchev–Trinajstić information content (AvgIpc) is 2.41. The number of carbonyl (C=O) groups excluding carboxylic acids is 1. The highest BCUT2D eigenvalue weighted by Gasteiger charge is 2.33. The summed E-state index contributed by atoms with van der Waals surface area (Å²) in [6.07, 6.45) is 7.46. The summed E-state index contributed by atoms with van der Waals surface area (Å²) in [7, 11) is 0. The Bertz CT molecular complexity index is 460. The number of nitrogens with one attached hydrogen (secondary N) is 2. The van der Waals surface area contributed by atoms with Gasteiger partial charge >= 0.3 is 0 Å². The number of hydrazine groups is 1. The van der Waals surface area contributed by atoms with Crippen LogP contribution in [-0.4, -0.2) is 21.9 Å². The summed E-state index contributed by atoms with van der Waals surface area (Å²) in [5.74, 6) is 5.46. The number of nitrogen functional groups attached to an aromatic ring is 1. The van der Waals surface area contributed by atoms with Gasteiger partial charge < -0.3 is 10.7 Å². The first-order valence-corrected chi connectivity index (χ1v) is 6.62. The van der Waals surface area contributed by atoms with E-state index in [1.165, 1.54) is 18.8 Å². The van der Waals surface area contributed by atoms with Crippen molar-refractivity contribution in [2.45, 2.75) is 45.6 Å².